The topological polar surface area (TPSA) is 116 Å². The van der Waals surface area contributed by atoms with Gasteiger partial charge >= 0.3 is 5.97 Å². The lowest BCUT2D eigenvalue weighted by molar-refractivity contribution is -0.137. The van der Waals surface area contributed by atoms with Gasteiger partial charge in [0.2, 0.25) is 5.91 Å². The van der Waals surface area contributed by atoms with Gasteiger partial charge in [-0.25, -0.2) is 0 Å². The smallest absolute Gasteiger partial charge is 0.303 e. The average molecular weight is 439 g/mol. The maximum absolute atomic E-state index is 12.9. The molecule has 0 fully saturated rings. The molecule has 0 unspecified atom stereocenters. The van der Waals surface area contributed by atoms with Gasteiger partial charge < -0.3 is 20.8 Å². The fraction of sp³-hybridized carbons (Fsp3) is 0.400. The van der Waals surface area contributed by atoms with Crippen molar-refractivity contribution >= 4 is 17.8 Å². The molecule has 2 amide bonds. The Morgan fingerprint density at radius 1 is 0.938 bits per heavy atom. The van der Waals surface area contributed by atoms with Crippen molar-refractivity contribution in [3.05, 3.63) is 59.2 Å². The standard InChI is InChI=1S/C25H30N2O5/c28-14-6-2-1-5-13-26-25(32)22(11-12-23(29)30)27-24(31)18-9-10-21-19(16-18)15-17-7-3-4-8-20(17)21/h3-4,7-10,16,22,28H,1-2,5-6,11-15H2,(H,26,32)(H,27,31)(H,29,30)/t22-/m0/s1. The number of carboxylic acids is 1. The molecule has 0 aliphatic heterocycles. The van der Waals surface area contributed by atoms with E-state index in [4.69, 9.17) is 10.2 Å². The van der Waals surface area contributed by atoms with E-state index < -0.39 is 17.9 Å². The number of hydrogen-bond donors (Lipinski definition) is 4. The average Bonchev–Trinajstić information content (AvgIpc) is 3.16. The number of amides is 2. The van der Waals surface area contributed by atoms with Gasteiger partial charge in [0.1, 0.15) is 6.04 Å². The van der Waals surface area contributed by atoms with Crippen LogP contribution in [-0.2, 0) is 16.0 Å². The van der Waals surface area contributed by atoms with Crippen LogP contribution in [0.5, 0.6) is 0 Å². The number of aliphatic hydroxyl groups excluding tert-OH is 1. The molecule has 170 valence electrons. The van der Waals surface area contributed by atoms with Crippen LogP contribution < -0.4 is 10.6 Å². The number of carbonyl (C=O) groups is 3. The van der Waals surface area contributed by atoms with E-state index in [1.807, 2.05) is 24.3 Å². The molecule has 0 heterocycles. The zero-order chi connectivity index (χ0) is 22.9. The summed E-state index contributed by atoms with van der Waals surface area (Å²) in [4.78, 5) is 36.5. The van der Waals surface area contributed by atoms with Crippen LogP contribution in [0.2, 0.25) is 0 Å². The van der Waals surface area contributed by atoms with Crippen molar-refractivity contribution in [3.8, 4) is 11.1 Å². The van der Waals surface area contributed by atoms with E-state index in [1.165, 1.54) is 11.1 Å². The molecular weight excluding hydrogens is 408 g/mol. The SMILES string of the molecule is O=C(O)CC[C@H](NC(=O)c1ccc2c(c1)Cc1ccccc1-2)C(=O)NCCCCCCO. The largest absolute Gasteiger partial charge is 0.481 e. The van der Waals surface area contributed by atoms with Crippen LogP contribution >= 0.6 is 0 Å². The first kappa shape index (κ1) is 23.5. The molecule has 7 heteroatoms. The Morgan fingerprint density at radius 2 is 1.69 bits per heavy atom. The van der Waals surface area contributed by atoms with Crippen LogP contribution in [0.1, 0.15) is 60.0 Å². The van der Waals surface area contributed by atoms with Crippen molar-refractivity contribution in [1.29, 1.82) is 0 Å². The third kappa shape index (κ3) is 6.17. The van der Waals surface area contributed by atoms with E-state index in [1.54, 1.807) is 6.07 Å². The Bertz CT molecular complexity index is 973. The highest BCUT2D eigenvalue weighted by Gasteiger charge is 2.24. The van der Waals surface area contributed by atoms with Gasteiger partial charge in [0.25, 0.3) is 5.91 Å². The van der Waals surface area contributed by atoms with Crippen molar-refractivity contribution in [2.24, 2.45) is 0 Å². The Kier molecular flexibility index (Phi) is 8.39. The van der Waals surface area contributed by atoms with E-state index >= 15 is 0 Å². The number of rotatable bonds is 12. The fourth-order valence-corrected chi connectivity index (χ4v) is 3.99. The highest BCUT2D eigenvalue weighted by Crippen LogP contribution is 2.36. The zero-order valence-electron chi connectivity index (χ0n) is 18.1. The number of aliphatic hydroxyl groups is 1. The number of hydrogen-bond acceptors (Lipinski definition) is 4. The molecule has 1 aliphatic rings. The number of carbonyl (C=O) groups excluding carboxylic acids is 2. The van der Waals surface area contributed by atoms with Crippen molar-refractivity contribution < 1.29 is 24.6 Å². The van der Waals surface area contributed by atoms with Gasteiger partial charge in [-0.1, -0.05) is 43.2 Å². The summed E-state index contributed by atoms with van der Waals surface area (Å²) < 4.78 is 0. The molecule has 0 saturated heterocycles. The summed E-state index contributed by atoms with van der Waals surface area (Å²) in [6.07, 6.45) is 3.82. The van der Waals surface area contributed by atoms with Gasteiger partial charge in [-0.3, -0.25) is 14.4 Å². The third-order valence-electron chi connectivity index (χ3n) is 5.71. The van der Waals surface area contributed by atoms with Gasteiger partial charge in [-0.05, 0) is 60.1 Å². The van der Waals surface area contributed by atoms with Gasteiger partial charge in [0.05, 0.1) is 0 Å². The van der Waals surface area contributed by atoms with E-state index in [9.17, 15) is 14.4 Å². The van der Waals surface area contributed by atoms with Gasteiger partial charge in [0.15, 0.2) is 0 Å². The van der Waals surface area contributed by atoms with Crippen LogP contribution in [-0.4, -0.2) is 47.2 Å². The second-order valence-electron chi connectivity index (χ2n) is 8.09. The molecule has 0 aromatic heterocycles. The number of unbranched alkanes of at least 4 members (excludes halogenated alkanes) is 3. The first-order valence-electron chi connectivity index (χ1n) is 11.1. The highest BCUT2D eigenvalue weighted by atomic mass is 16.4. The summed E-state index contributed by atoms with van der Waals surface area (Å²) in [7, 11) is 0. The summed E-state index contributed by atoms with van der Waals surface area (Å²) in [6.45, 7) is 0.602. The molecule has 0 radical (unpaired) electrons. The molecule has 0 bridgehead atoms. The van der Waals surface area contributed by atoms with E-state index in [-0.39, 0.29) is 25.4 Å². The number of nitrogens with one attached hydrogen (secondary N) is 2. The predicted octanol–water partition coefficient (Wildman–Crippen LogP) is 2.89. The molecule has 0 saturated carbocycles. The second kappa shape index (κ2) is 11.4. The lowest BCUT2D eigenvalue weighted by Gasteiger charge is -2.18. The maximum atomic E-state index is 12.9. The van der Waals surface area contributed by atoms with Crippen molar-refractivity contribution in [2.45, 2.75) is 51.0 Å². The van der Waals surface area contributed by atoms with Gasteiger partial charge in [-0.15, -0.1) is 0 Å². The van der Waals surface area contributed by atoms with Crippen LogP contribution in [0.4, 0.5) is 0 Å². The van der Waals surface area contributed by atoms with Gasteiger partial charge in [0, 0.05) is 25.1 Å². The number of carboxylic acid groups (broad SMARTS) is 1. The van der Waals surface area contributed by atoms with E-state index in [0.717, 1.165) is 43.2 Å². The third-order valence-corrected chi connectivity index (χ3v) is 5.71. The van der Waals surface area contributed by atoms with Crippen molar-refractivity contribution in [3.63, 3.8) is 0 Å². The minimum absolute atomic E-state index is 0.0216. The van der Waals surface area contributed by atoms with E-state index in [0.29, 0.717) is 12.1 Å². The first-order chi connectivity index (χ1) is 15.5. The maximum Gasteiger partial charge on any atom is 0.303 e. The number of aliphatic carboxylic acids is 1. The highest BCUT2D eigenvalue weighted by molar-refractivity contribution is 5.98. The number of benzene rings is 2. The van der Waals surface area contributed by atoms with Crippen molar-refractivity contribution in [1.82, 2.24) is 10.6 Å². The quantitative estimate of drug-likeness (QED) is 0.325. The molecule has 0 spiro atoms. The van der Waals surface area contributed by atoms with Crippen molar-refractivity contribution in [2.75, 3.05) is 13.2 Å². The minimum atomic E-state index is -1.02. The monoisotopic (exact) mass is 438 g/mol. The van der Waals surface area contributed by atoms with E-state index in [2.05, 4.69) is 22.8 Å². The van der Waals surface area contributed by atoms with Crippen LogP contribution in [0.15, 0.2) is 42.5 Å². The molecule has 3 rings (SSSR count). The molecule has 2 aromatic carbocycles. The normalized spacial score (nSPS) is 12.5. The predicted molar refractivity (Wildman–Crippen MR) is 121 cm³/mol. The fourth-order valence-electron chi connectivity index (χ4n) is 3.99. The molecule has 2 aromatic rings. The Hall–Kier alpha value is -3.19. The summed E-state index contributed by atoms with van der Waals surface area (Å²) in [6, 6.07) is 12.7. The molecule has 32 heavy (non-hydrogen) atoms. The van der Waals surface area contributed by atoms with Gasteiger partial charge in [-0.2, -0.15) is 0 Å². The van der Waals surface area contributed by atoms with Crippen LogP contribution in [0, 0.1) is 0 Å². The molecular formula is C25H30N2O5. The Labute approximate surface area is 187 Å². The van der Waals surface area contributed by atoms with Crippen LogP contribution in [0.3, 0.4) is 0 Å². The number of fused-ring (bicyclic) bond motifs is 3. The summed E-state index contributed by atoms with van der Waals surface area (Å²) in [5, 5.41) is 23.3. The summed E-state index contributed by atoms with van der Waals surface area (Å²) in [5.41, 5.74) is 5.02. The molecule has 7 nitrogen and oxygen atoms in total. The lowest BCUT2D eigenvalue weighted by Crippen LogP contribution is -2.47. The zero-order valence-corrected chi connectivity index (χ0v) is 18.1. The molecule has 1 aliphatic carbocycles. The first-order valence-corrected chi connectivity index (χ1v) is 11.1. The minimum Gasteiger partial charge on any atom is -0.481 e. The second-order valence-corrected chi connectivity index (χ2v) is 8.09. The summed E-state index contributed by atoms with van der Waals surface area (Å²) >= 11 is 0. The van der Waals surface area contributed by atoms with Crippen LogP contribution in [0.25, 0.3) is 11.1 Å². The Balaban J connectivity index is 1.61. The molecule has 4 N–H and O–H groups in total. The molecule has 1 atom stereocenters. The summed E-state index contributed by atoms with van der Waals surface area (Å²) in [5.74, 6) is -1.79. The Morgan fingerprint density at radius 3 is 2.47 bits per heavy atom. The lowest BCUT2D eigenvalue weighted by atomic mass is 10.0.